The second-order valence-corrected chi connectivity index (χ2v) is 7.62. The first-order valence-corrected chi connectivity index (χ1v) is 10.6. The van der Waals surface area contributed by atoms with Crippen LogP contribution >= 0.6 is 11.3 Å². The van der Waals surface area contributed by atoms with Crippen molar-refractivity contribution in [2.45, 2.75) is 0 Å². The molecule has 8 heteroatoms. The van der Waals surface area contributed by atoms with Crippen molar-refractivity contribution in [2.75, 3.05) is 16.4 Å². The summed E-state index contributed by atoms with van der Waals surface area (Å²) in [7, 11) is 0. The van der Waals surface area contributed by atoms with E-state index >= 15 is 0 Å². The molecule has 4 N–H and O–H groups in total. The average Bonchev–Trinajstić information content (AvgIpc) is 3.28. The Bertz CT molecular complexity index is 1280. The summed E-state index contributed by atoms with van der Waals surface area (Å²) in [5, 5.41) is 7.92. The molecule has 0 bridgehead atoms. The Hall–Kier alpha value is -4.30. The molecule has 2 amide bonds. The van der Waals surface area contributed by atoms with Gasteiger partial charge in [0.2, 0.25) is 5.91 Å². The Balaban J connectivity index is 1.41. The van der Waals surface area contributed by atoms with Gasteiger partial charge >= 0.3 is 0 Å². The first-order valence-electron chi connectivity index (χ1n) is 9.69. The van der Waals surface area contributed by atoms with E-state index < -0.39 is 0 Å². The van der Waals surface area contributed by atoms with Crippen molar-refractivity contribution in [1.29, 1.82) is 0 Å². The number of amides is 2. The van der Waals surface area contributed by atoms with Gasteiger partial charge in [-0.3, -0.25) is 19.9 Å². The van der Waals surface area contributed by atoms with Gasteiger partial charge in [0.15, 0.2) is 5.13 Å². The molecule has 4 aromatic rings. The molecule has 0 aliphatic heterocycles. The quantitative estimate of drug-likeness (QED) is 0.297. The molecule has 0 radical (unpaired) electrons. The maximum Gasteiger partial charge on any atom is 0.257 e. The van der Waals surface area contributed by atoms with Crippen LogP contribution in [0.4, 0.5) is 16.5 Å². The van der Waals surface area contributed by atoms with E-state index in [4.69, 9.17) is 5.73 Å². The van der Waals surface area contributed by atoms with Crippen LogP contribution in [-0.4, -0.2) is 21.8 Å². The molecule has 0 aliphatic carbocycles. The Morgan fingerprint density at radius 3 is 2.59 bits per heavy atom. The highest BCUT2D eigenvalue weighted by atomic mass is 32.1. The van der Waals surface area contributed by atoms with Gasteiger partial charge in [-0.2, -0.15) is 0 Å². The highest BCUT2D eigenvalue weighted by Gasteiger charge is 2.10. The summed E-state index contributed by atoms with van der Waals surface area (Å²) in [6, 6.07) is 17.7. The second kappa shape index (κ2) is 9.67. The van der Waals surface area contributed by atoms with Crippen LogP contribution < -0.4 is 16.4 Å². The summed E-state index contributed by atoms with van der Waals surface area (Å²) >= 11 is 1.35. The van der Waals surface area contributed by atoms with Crippen LogP contribution in [-0.2, 0) is 4.79 Å². The molecule has 32 heavy (non-hydrogen) atoms. The van der Waals surface area contributed by atoms with Crippen LogP contribution in [0.25, 0.3) is 17.3 Å². The number of carbonyl (C=O) groups is 2. The van der Waals surface area contributed by atoms with Gasteiger partial charge in [-0.1, -0.05) is 24.3 Å². The van der Waals surface area contributed by atoms with Crippen LogP contribution in [0.5, 0.6) is 0 Å². The lowest BCUT2D eigenvalue weighted by molar-refractivity contribution is -0.111. The summed E-state index contributed by atoms with van der Waals surface area (Å²) in [4.78, 5) is 33.3. The summed E-state index contributed by atoms with van der Waals surface area (Å²) in [6.45, 7) is 0. The van der Waals surface area contributed by atoms with Crippen molar-refractivity contribution < 1.29 is 9.59 Å². The van der Waals surface area contributed by atoms with E-state index in [1.165, 1.54) is 17.4 Å². The van der Waals surface area contributed by atoms with Gasteiger partial charge in [0.25, 0.3) is 5.91 Å². The van der Waals surface area contributed by atoms with Crippen LogP contribution in [0.2, 0.25) is 0 Å². The van der Waals surface area contributed by atoms with E-state index in [9.17, 15) is 9.59 Å². The first kappa shape index (κ1) is 21.0. The van der Waals surface area contributed by atoms with Crippen molar-refractivity contribution in [3.05, 3.63) is 95.6 Å². The maximum atomic E-state index is 12.7. The fourth-order valence-electron chi connectivity index (χ4n) is 2.90. The van der Waals surface area contributed by atoms with Crippen molar-refractivity contribution in [2.24, 2.45) is 0 Å². The zero-order valence-electron chi connectivity index (χ0n) is 16.9. The lowest BCUT2D eigenvalue weighted by atomic mass is 10.1. The molecule has 0 aliphatic rings. The third-order valence-electron chi connectivity index (χ3n) is 4.50. The number of aromatic nitrogens is 2. The predicted octanol–water partition coefficient (Wildman–Crippen LogP) is 4.69. The molecule has 2 aromatic heterocycles. The maximum absolute atomic E-state index is 12.7. The molecule has 2 heterocycles. The van der Waals surface area contributed by atoms with Crippen LogP contribution in [0, 0.1) is 0 Å². The molecule has 0 spiro atoms. The number of pyridine rings is 1. The highest BCUT2D eigenvalue weighted by molar-refractivity contribution is 7.14. The lowest BCUT2D eigenvalue weighted by Gasteiger charge is -2.05. The second-order valence-electron chi connectivity index (χ2n) is 6.76. The van der Waals surface area contributed by atoms with Gasteiger partial charge in [0, 0.05) is 35.0 Å². The minimum Gasteiger partial charge on any atom is -0.397 e. The molecule has 0 fully saturated rings. The summed E-state index contributed by atoms with van der Waals surface area (Å²) in [5.74, 6) is -0.596. The molecular formula is C24H19N5O2S. The number of nitrogen functional groups attached to an aromatic ring is 1. The van der Waals surface area contributed by atoms with Crippen LogP contribution in [0.1, 0.15) is 15.9 Å². The predicted molar refractivity (Wildman–Crippen MR) is 128 cm³/mol. The number of para-hydroxylation sites is 2. The largest absolute Gasteiger partial charge is 0.397 e. The highest BCUT2D eigenvalue weighted by Crippen LogP contribution is 2.24. The normalized spacial score (nSPS) is 10.8. The van der Waals surface area contributed by atoms with E-state index in [2.05, 4.69) is 20.6 Å². The third-order valence-corrected chi connectivity index (χ3v) is 5.25. The van der Waals surface area contributed by atoms with Gasteiger partial charge in [-0.25, -0.2) is 4.98 Å². The molecule has 0 saturated carbocycles. The first-order chi connectivity index (χ1) is 15.6. The molecular weight excluding hydrogens is 422 g/mol. The van der Waals surface area contributed by atoms with E-state index in [1.807, 2.05) is 23.6 Å². The smallest absolute Gasteiger partial charge is 0.257 e. The van der Waals surface area contributed by atoms with Gasteiger partial charge in [0.05, 0.1) is 17.1 Å². The fourth-order valence-corrected chi connectivity index (χ4v) is 3.61. The standard InChI is InChI=1S/C24H19N5O2S/c25-19-6-1-2-7-20(19)27-22(30)9-8-16-4-3-5-18(14-16)23(31)29-24-28-21(15-32-24)17-10-12-26-13-11-17/h1-15H,25H2,(H,27,30)(H,28,29,31)/b9-8+. The number of anilines is 3. The monoisotopic (exact) mass is 441 g/mol. The number of thiazole rings is 1. The molecule has 4 rings (SSSR count). The number of nitrogens with one attached hydrogen (secondary N) is 2. The molecule has 0 unspecified atom stereocenters. The van der Waals surface area contributed by atoms with E-state index in [0.717, 1.165) is 11.3 Å². The van der Waals surface area contributed by atoms with Crippen LogP contribution in [0.3, 0.4) is 0 Å². The average molecular weight is 442 g/mol. The number of rotatable bonds is 6. The van der Waals surface area contributed by atoms with E-state index in [-0.39, 0.29) is 11.8 Å². The molecule has 7 nitrogen and oxygen atoms in total. The van der Waals surface area contributed by atoms with Gasteiger partial charge in [-0.05, 0) is 48.0 Å². The minimum absolute atomic E-state index is 0.280. The van der Waals surface area contributed by atoms with Gasteiger partial charge < -0.3 is 11.1 Å². The summed E-state index contributed by atoms with van der Waals surface area (Å²) in [5.41, 5.74) is 9.75. The topological polar surface area (TPSA) is 110 Å². The molecule has 0 atom stereocenters. The molecule has 158 valence electrons. The summed E-state index contributed by atoms with van der Waals surface area (Å²) < 4.78 is 0. The number of nitrogens with zero attached hydrogens (tertiary/aromatic N) is 2. The van der Waals surface area contributed by atoms with E-state index in [0.29, 0.717) is 27.6 Å². The van der Waals surface area contributed by atoms with Crippen molar-refractivity contribution >= 4 is 45.7 Å². The van der Waals surface area contributed by atoms with Crippen molar-refractivity contribution in [3.63, 3.8) is 0 Å². The third kappa shape index (κ3) is 5.24. The van der Waals surface area contributed by atoms with Crippen molar-refractivity contribution in [3.8, 4) is 11.3 Å². The summed E-state index contributed by atoms with van der Waals surface area (Å²) in [6.07, 6.45) is 6.42. The number of carbonyl (C=O) groups excluding carboxylic acids is 2. The van der Waals surface area contributed by atoms with Gasteiger partial charge in [-0.15, -0.1) is 11.3 Å². The zero-order valence-corrected chi connectivity index (χ0v) is 17.7. The Morgan fingerprint density at radius 1 is 0.969 bits per heavy atom. The Labute approximate surface area is 188 Å². The number of benzene rings is 2. The zero-order chi connectivity index (χ0) is 22.3. The van der Waals surface area contributed by atoms with E-state index in [1.54, 1.807) is 60.9 Å². The van der Waals surface area contributed by atoms with Gasteiger partial charge in [0.1, 0.15) is 0 Å². The lowest BCUT2D eigenvalue weighted by Crippen LogP contribution is -2.11. The SMILES string of the molecule is Nc1ccccc1NC(=O)/C=C/c1cccc(C(=O)Nc2nc(-c3ccncc3)cs2)c1. The minimum atomic E-state index is -0.316. The molecule has 2 aromatic carbocycles. The number of nitrogens with two attached hydrogens (primary N) is 1. The number of hydrogen-bond acceptors (Lipinski definition) is 6. The fraction of sp³-hybridized carbons (Fsp3) is 0. The number of hydrogen-bond donors (Lipinski definition) is 3. The van der Waals surface area contributed by atoms with Crippen molar-refractivity contribution in [1.82, 2.24) is 9.97 Å². The molecule has 0 saturated heterocycles. The Morgan fingerprint density at radius 2 is 1.78 bits per heavy atom. The van der Waals surface area contributed by atoms with Crippen LogP contribution in [0.15, 0.2) is 84.5 Å². The Kier molecular flexibility index (Phi) is 6.33.